The van der Waals surface area contributed by atoms with Gasteiger partial charge in [0.05, 0.1) is 16.5 Å². The fourth-order valence-electron chi connectivity index (χ4n) is 3.62. The Hall–Kier alpha value is -3.01. The van der Waals surface area contributed by atoms with Crippen LogP contribution in [0.4, 0.5) is 5.82 Å². The van der Waals surface area contributed by atoms with E-state index in [1.165, 1.54) is 16.2 Å². The number of hydrogen-bond acceptors (Lipinski definition) is 7. The number of ether oxygens (including phenoxy) is 1. The largest absolute Gasteiger partial charge is 0.385 e. The summed E-state index contributed by atoms with van der Waals surface area (Å²) < 4.78 is 7.04. The van der Waals surface area contributed by atoms with E-state index in [1.54, 1.807) is 36.4 Å². The Morgan fingerprint density at radius 1 is 1.18 bits per heavy atom. The number of nitrogens with zero attached hydrogens (tertiary/aromatic N) is 3. The Bertz CT molecular complexity index is 1270. The highest BCUT2D eigenvalue weighted by Gasteiger charge is 2.36. The summed E-state index contributed by atoms with van der Waals surface area (Å²) in [4.78, 5) is 33.2. The summed E-state index contributed by atoms with van der Waals surface area (Å²) in [5.41, 5.74) is 1.59. The third-order valence-corrected chi connectivity index (χ3v) is 6.69. The predicted molar refractivity (Wildman–Crippen MR) is 136 cm³/mol. The van der Waals surface area contributed by atoms with E-state index in [1.807, 2.05) is 43.3 Å². The Labute approximate surface area is 201 Å². The van der Waals surface area contributed by atoms with Gasteiger partial charge in [-0.25, -0.2) is 4.98 Å². The van der Waals surface area contributed by atoms with Crippen LogP contribution < -0.4 is 10.9 Å². The summed E-state index contributed by atoms with van der Waals surface area (Å²) in [6.07, 6.45) is 4.02. The minimum atomic E-state index is -0.254. The van der Waals surface area contributed by atoms with E-state index in [9.17, 15) is 9.59 Å². The molecule has 1 N–H and O–H groups in total. The van der Waals surface area contributed by atoms with Gasteiger partial charge < -0.3 is 10.1 Å². The number of pyridine rings is 1. The average Bonchev–Trinajstić information content (AvgIpc) is 3.11. The van der Waals surface area contributed by atoms with Crippen LogP contribution in [0.15, 0.2) is 64.4 Å². The minimum absolute atomic E-state index is 0.216. The minimum Gasteiger partial charge on any atom is -0.385 e. The molecule has 1 aliphatic rings. The molecule has 170 valence electrons. The standard InChI is InChI=1S/C24H24N4O3S2/c1-16(17-9-4-3-5-10-17)28-23(30)19(33-24(28)32)15-18-21(25-12-8-14-31-2)26-20-11-6-7-13-27(20)22(18)29/h3-7,9-11,13,15-16,25H,8,12,14H2,1-2H3. The lowest BCUT2D eigenvalue weighted by Crippen LogP contribution is -2.31. The van der Waals surface area contributed by atoms with Crippen molar-refractivity contribution in [3.05, 3.63) is 81.1 Å². The fourth-order valence-corrected chi connectivity index (χ4v) is 5.02. The number of benzene rings is 1. The summed E-state index contributed by atoms with van der Waals surface area (Å²) >= 11 is 6.73. The molecular formula is C24H24N4O3S2. The second-order valence-electron chi connectivity index (χ2n) is 7.52. The molecule has 1 fully saturated rings. The Balaban J connectivity index is 1.71. The number of methoxy groups -OCH3 is 1. The summed E-state index contributed by atoms with van der Waals surface area (Å²) in [7, 11) is 1.64. The van der Waals surface area contributed by atoms with Gasteiger partial charge in [-0.05, 0) is 37.1 Å². The van der Waals surface area contributed by atoms with Crippen LogP contribution >= 0.6 is 24.0 Å². The van der Waals surface area contributed by atoms with Crippen molar-refractivity contribution in [2.45, 2.75) is 19.4 Å². The number of hydrogen-bond donors (Lipinski definition) is 1. The molecule has 0 aliphatic carbocycles. The van der Waals surface area contributed by atoms with Crippen molar-refractivity contribution in [1.29, 1.82) is 0 Å². The smallest absolute Gasteiger partial charge is 0.267 e. The van der Waals surface area contributed by atoms with E-state index in [2.05, 4.69) is 10.3 Å². The zero-order chi connectivity index (χ0) is 23.4. The zero-order valence-corrected chi connectivity index (χ0v) is 20.0. The number of thioether (sulfide) groups is 1. The fraction of sp³-hybridized carbons (Fsp3) is 0.250. The molecule has 0 bridgehead atoms. The highest BCUT2D eigenvalue weighted by atomic mass is 32.2. The van der Waals surface area contributed by atoms with Crippen molar-refractivity contribution in [3.63, 3.8) is 0 Å². The molecule has 33 heavy (non-hydrogen) atoms. The first-order valence-corrected chi connectivity index (χ1v) is 11.8. The SMILES string of the molecule is COCCCNc1nc2ccccn2c(=O)c1C=C1SC(=S)N(C(C)c2ccccc2)C1=O. The lowest BCUT2D eigenvalue weighted by molar-refractivity contribution is -0.123. The maximum absolute atomic E-state index is 13.3. The number of rotatable bonds is 8. The van der Waals surface area contributed by atoms with Crippen LogP contribution in [0.1, 0.15) is 30.5 Å². The van der Waals surface area contributed by atoms with Gasteiger partial charge in [0, 0.05) is 26.5 Å². The van der Waals surface area contributed by atoms with E-state index in [4.69, 9.17) is 17.0 Å². The molecule has 4 rings (SSSR count). The monoisotopic (exact) mass is 480 g/mol. The predicted octanol–water partition coefficient (Wildman–Crippen LogP) is 4.11. The summed E-state index contributed by atoms with van der Waals surface area (Å²) in [5.74, 6) is 0.216. The van der Waals surface area contributed by atoms with Crippen molar-refractivity contribution in [1.82, 2.24) is 14.3 Å². The summed E-state index contributed by atoms with van der Waals surface area (Å²) in [6, 6.07) is 14.9. The van der Waals surface area contributed by atoms with Gasteiger partial charge in [0.25, 0.3) is 11.5 Å². The molecule has 9 heteroatoms. The van der Waals surface area contributed by atoms with E-state index < -0.39 is 0 Å². The van der Waals surface area contributed by atoms with Crippen molar-refractivity contribution >= 4 is 51.7 Å². The van der Waals surface area contributed by atoms with E-state index in [0.29, 0.717) is 39.4 Å². The first kappa shape index (κ1) is 23.2. The van der Waals surface area contributed by atoms with E-state index in [0.717, 1.165) is 12.0 Å². The van der Waals surface area contributed by atoms with Crippen LogP contribution in [0.25, 0.3) is 11.7 Å². The Morgan fingerprint density at radius 2 is 1.94 bits per heavy atom. The number of aromatic nitrogens is 2. The topological polar surface area (TPSA) is 75.9 Å². The molecule has 3 aromatic rings. The highest BCUT2D eigenvalue weighted by Crippen LogP contribution is 2.38. The number of amides is 1. The maximum atomic E-state index is 13.3. The number of carbonyl (C=O) groups excluding carboxylic acids is 1. The van der Waals surface area contributed by atoms with Crippen molar-refractivity contribution in [2.24, 2.45) is 0 Å². The molecule has 0 saturated carbocycles. The molecule has 1 aliphatic heterocycles. The van der Waals surface area contributed by atoms with Gasteiger partial charge in [0.2, 0.25) is 0 Å². The lowest BCUT2D eigenvalue weighted by Gasteiger charge is -2.23. The van der Waals surface area contributed by atoms with Crippen LogP contribution in [0, 0.1) is 0 Å². The molecule has 1 amide bonds. The second kappa shape index (κ2) is 10.3. The molecule has 1 unspecified atom stereocenters. The van der Waals surface area contributed by atoms with Crippen LogP contribution in [0.2, 0.25) is 0 Å². The van der Waals surface area contributed by atoms with Gasteiger partial charge in [-0.15, -0.1) is 0 Å². The van der Waals surface area contributed by atoms with Crippen molar-refractivity contribution < 1.29 is 9.53 Å². The summed E-state index contributed by atoms with van der Waals surface area (Å²) in [5, 5.41) is 3.22. The molecule has 1 aromatic carbocycles. The number of carbonyl (C=O) groups is 1. The Kier molecular flexibility index (Phi) is 7.22. The third kappa shape index (κ3) is 4.85. The first-order valence-electron chi connectivity index (χ1n) is 10.6. The van der Waals surface area contributed by atoms with Crippen LogP contribution in [0.5, 0.6) is 0 Å². The number of fused-ring (bicyclic) bond motifs is 1. The molecule has 3 heterocycles. The van der Waals surface area contributed by atoms with Gasteiger partial charge in [0.15, 0.2) is 0 Å². The van der Waals surface area contributed by atoms with Gasteiger partial charge in [0.1, 0.15) is 15.8 Å². The lowest BCUT2D eigenvalue weighted by atomic mass is 10.1. The Morgan fingerprint density at radius 3 is 2.70 bits per heavy atom. The number of anilines is 1. The average molecular weight is 481 g/mol. The van der Waals surface area contributed by atoms with Crippen LogP contribution in [0.3, 0.4) is 0 Å². The molecule has 0 radical (unpaired) electrons. The molecule has 7 nitrogen and oxygen atoms in total. The molecule has 2 aromatic heterocycles. The normalized spacial score (nSPS) is 16.1. The molecule has 1 atom stereocenters. The molecular weight excluding hydrogens is 456 g/mol. The van der Waals surface area contributed by atoms with Gasteiger partial charge in [-0.3, -0.25) is 18.9 Å². The molecule has 1 saturated heterocycles. The first-order chi connectivity index (χ1) is 16.0. The second-order valence-corrected chi connectivity index (χ2v) is 9.20. The van der Waals surface area contributed by atoms with Crippen molar-refractivity contribution in [2.75, 3.05) is 25.6 Å². The van der Waals surface area contributed by atoms with Crippen LogP contribution in [-0.4, -0.2) is 44.8 Å². The highest BCUT2D eigenvalue weighted by molar-refractivity contribution is 8.26. The summed E-state index contributed by atoms with van der Waals surface area (Å²) in [6.45, 7) is 3.11. The third-order valence-electron chi connectivity index (χ3n) is 5.35. The van der Waals surface area contributed by atoms with Gasteiger partial charge in [-0.1, -0.05) is 60.4 Å². The van der Waals surface area contributed by atoms with Gasteiger partial charge in [-0.2, -0.15) is 0 Å². The zero-order valence-electron chi connectivity index (χ0n) is 18.4. The van der Waals surface area contributed by atoms with Crippen molar-refractivity contribution in [3.8, 4) is 0 Å². The quantitative estimate of drug-likeness (QED) is 0.295. The van der Waals surface area contributed by atoms with E-state index in [-0.39, 0.29) is 17.5 Å². The number of nitrogens with one attached hydrogen (secondary N) is 1. The van der Waals surface area contributed by atoms with Crippen LogP contribution in [-0.2, 0) is 9.53 Å². The maximum Gasteiger partial charge on any atom is 0.267 e. The number of thiocarbonyl (C=S) groups is 1. The van der Waals surface area contributed by atoms with Gasteiger partial charge >= 0.3 is 0 Å². The van der Waals surface area contributed by atoms with E-state index >= 15 is 0 Å². The molecule has 0 spiro atoms.